The Morgan fingerprint density at radius 1 is 1.10 bits per heavy atom. The van der Waals surface area contributed by atoms with Crippen LogP contribution < -0.4 is 14.5 Å². The molecule has 2 amide bonds. The van der Waals surface area contributed by atoms with Crippen molar-refractivity contribution in [1.29, 1.82) is 0 Å². The first kappa shape index (κ1) is 30.1. The van der Waals surface area contributed by atoms with E-state index in [0.29, 0.717) is 24.1 Å². The first-order chi connectivity index (χ1) is 19.5. The normalized spacial score (nSPS) is 12.5. The van der Waals surface area contributed by atoms with Crippen LogP contribution in [0.2, 0.25) is 10.0 Å². The number of para-hydroxylation sites is 2. The van der Waals surface area contributed by atoms with Crippen LogP contribution in [0.1, 0.15) is 25.3 Å². The number of esters is 1. The fourth-order valence-electron chi connectivity index (χ4n) is 4.29. The van der Waals surface area contributed by atoms with E-state index in [1.54, 1.807) is 18.2 Å². The third-order valence-electron chi connectivity index (χ3n) is 6.29. The minimum Gasteiger partial charge on any atom is -0.464 e. The molecule has 0 radical (unpaired) electrons. The molecule has 0 aliphatic carbocycles. The van der Waals surface area contributed by atoms with E-state index in [9.17, 15) is 28.1 Å². The van der Waals surface area contributed by atoms with Crippen molar-refractivity contribution in [2.24, 2.45) is 0 Å². The second-order valence-electron chi connectivity index (χ2n) is 9.11. The van der Waals surface area contributed by atoms with E-state index < -0.39 is 33.5 Å². The van der Waals surface area contributed by atoms with Gasteiger partial charge in [0.1, 0.15) is 12.2 Å². The molecule has 41 heavy (non-hydrogen) atoms. The minimum atomic E-state index is -4.32. The summed E-state index contributed by atoms with van der Waals surface area (Å²) in [5, 5.41) is 14.1. The quantitative estimate of drug-likeness (QED) is 0.126. The highest BCUT2D eigenvalue weighted by molar-refractivity contribution is 7.92. The molecular weight excluding hydrogens is 595 g/mol. The molecule has 11 nitrogen and oxygen atoms in total. The van der Waals surface area contributed by atoms with E-state index in [1.165, 1.54) is 47.4 Å². The third-order valence-corrected chi connectivity index (χ3v) is 8.48. The van der Waals surface area contributed by atoms with Crippen molar-refractivity contribution in [3.8, 4) is 0 Å². The zero-order chi connectivity index (χ0) is 29.7. The summed E-state index contributed by atoms with van der Waals surface area (Å²) in [6, 6.07) is 13.7. The first-order valence-corrected chi connectivity index (χ1v) is 14.8. The van der Waals surface area contributed by atoms with Gasteiger partial charge in [-0.1, -0.05) is 48.7 Å². The number of sulfonamides is 1. The number of benzene rings is 3. The number of carbonyl (C=O) groups excluding carboxylic acids is 2. The van der Waals surface area contributed by atoms with Crippen molar-refractivity contribution in [2.45, 2.75) is 31.1 Å². The Labute approximate surface area is 246 Å². The number of carbonyl (C=O) groups is 2. The van der Waals surface area contributed by atoms with Gasteiger partial charge in [-0.2, -0.15) is 0 Å². The maximum absolute atomic E-state index is 13.7. The highest BCUT2D eigenvalue weighted by atomic mass is 35.5. The number of halogens is 2. The van der Waals surface area contributed by atoms with Crippen LogP contribution >= 0.6 is 23.2 Å². The van der Waals surface area contributed by atoms with Gasteiger partial charge >= 0.3 is 12.0 Å². The summed E-state index contributed by atoms with van der Waals surface area (Å²) in [7, 11) is -4.32. The molecule has 0 atom stereocenters. The van der Waals surface area contributed by atoms with E-state index in [4.69, 9.17) is 27.9 Å². The molecule has 3 aromatic carbocycles. The summed E-state index contributed by atoms with van der Waals surface area (Å²) in [6.45, 7) is 1.74. The lowest BCUT2D eigenvalue weighted by Crippen LogP contribution is -2.37. The van der Waals surface area contributed by atoms with Gasteiger partial charge in [0.2, 0.25) is 0 Å². The molecule has 0 unspecified atom stereocenters. The molecule has 0 spiro atoms. The molecule has 1 N–H and O–H groups in total. The van der Waals surface area contributed by atoms with E-state index >= 15 is 0 Å². The molecule has 0 aromatic heterocycles. The summed E-state index contributed by atoms with van der Waals surface area (Å²) < 4.78 is 33.6. The summed E-state index contributed by atoms with van der Waals surface area (Å²) in [5.41, 5.74) is 1.12. The Hall–Kier alpha value is -3.87. The molecule has 1 aliphatic heterocycles. The fourth-order valence-corrected chi connectivity index (χ4v) is 6.42. The van der Waals surface area contributed by atoms with Crippen LogP contribution in [-0.2, 0) is 26.0 Å². The van der Waals surface area contributed by atoms with Gasteiger partial charge in [-0.15, -0.1) is 0 Å². The molecule has 0 fully saturated rings. The number of ether oxygens (including phenoxy) is 1. The van der Waals surface area contributed by atoms with Gasteiger partial charge in [0.05, 0.1) is 22.1 Å². The van der Waals surface area contributed by atoms with Crippen molar-refractivity contribution in [3.63, 3.8) is 0 Å². The number of amides is 2. The minimum absolute atomic E-state index is 0.0478. The van der Waals surface area contributed by atoms with Gasteiger partial charge in [0.25, 0.3) is 15.7 Å². The number of nitro benzene ring substituents is 1. The van der Waals surface area contributed by atoms with Gasteiger partial charge in [-0.3, -0.25) is 24.1 Å². The number of hydrogen-bond donors (Lipinski definition) is 1. The molecule has 0 bridgehead atoms. The predicted octanol–water partition coefficient (Wildman–Crippen LogP) is 6.03. The number of urea groups is 1. The van der Waals surface area contributed by atoms with Crippen molar-refractivity contribution < 1.29 is 27.7 Å². The number of rotatable bonds is 10. The lowest BCUT2D eigenvalue weighted by molar-refractivity contribution is -0.383. The van der Waals surface area contributed by atoms with Crippen LogP contribution in [0.25, 0.3) is 0 Å². The van der Waals surface area contributed by atoms with Gasteiger partial charge in [0.15, 0.2) is 0 Å². The van der Waals surface area contributed by atoms with Gasteiger partial charge < -0.3 is 10.1 Å². The molecule has 0 saturated carbocycles. The van der Waals surface area contributed by atoms with Gasteiger partial charge in [-0.05, 0) is 60.9 Å². The predicted molar refractivity (Wildman–Crippen MR) is 156 cm³/mol. The van der Waals surface area contributed by atoms with Crippen LogP contribution in [0.5, 0.6) is 0 Å². The summed E-state index contributed by atoms with van der Waals surface area (Å²) >= 11 is 12.1. The van der Waals surface area contributed by atoms with E-state index in [0.717, 1.165) is 10.7 Å². The fraction of sp³-hybridized carbons (Fsp3) is 0.259. The van der Waals surface area contributed by atoms with E-state index in [-0.39, 0.29) is 45.2 Å². The van der Waals surface area contributed by atoms with Crippen LogP contribution in [0, 0.1) is 10.1 Å². The average molecular weight is 621 g/mol. The molecule has 0 saturated heterocycles. The molecule has 4 rings (SSSR count). The molecular formula is C27H26Cl2N4O7S. The van der Waals surface area contributed by atoms with Crippen molar-refractivity contribution in [1.82, 2.24) is 0 Å². The summed E-state index contributed by atoms with van der Waals surface area (Å²) in [4.78, 5) is 37.6. The molecule has 1 aliphatic rings. The second-order valence-corrected chi connectivity index (χ2v) is 11.8. The largest absolute Gasteiger partial charge is 0.464 e. The number of nitro groups is 1. The van der Waals surface area contributed by atoms with Crippen LogP contribution in [-0.4, -0.2) is 45.0 Å². The lowest BCUT2D eigenvalue weighted by atomic mass is 10.1. The molecule has 1 heterocycles. The zero-order valence-electron chi connectivity index (χ0n) is 21.9. The van der Waals surface area contributed by atoms with E-state index in [2.05, 4.69) is 5.32 Å². The molecule has 3 aromatic rings. The number of nitrogens with zero attached hydrogens (tertiary/aromatic N) is 3. The Balaban J connectivity index is 1.65. The van der Waals surface area contributed by atoms with Gasteiger partial charge in [-0.25, -0.2) is 13.2 Å². The van der Waals surface area contributed by atoms with Crippen LogP contribution in [0.4, 0.5) is 27.5 Å². The Kier molecular flexibility index (Phi) is 9.36. The lowest BCUT2D eigenvalue weighted by Gasteiger charge is -2.25. The zero-order valence-corrected chi connectivity index (χ0v) is 24.2. The van der Waals surface area contributed by atoms with Crippen molar-refractivity contribution in [2.75, 3.05) is 34.2 Å². The van der Waals surface area contributed by atoms with Crippen LogP contribution in [0.15, 0.2) is 65.6 Å². The number of hydrogen-bond acceptors (Lipinski definition) is 7. The highest BCUT2D eigenvalue weighted by Gasteiger charge is 2.32. The SMILES string of the molecule is CCCCOC(=O)CN(c1ccc2c(c1)CCN2C(=O)Nc1ccccc1[N+](=O)[O-])S(=O)(=O)c1cc(Cl)cc(Cl)c1. The smallest absolute Gasteiger partial charge is 0.326 e. The summed E-state index contributed by atoms with van der Waals surface area (Å²) in [6.07, 6.45) is 1.80. The monoisotopic (exact) mass is 620 g/mol. The van der Waals surface area contributed by atoms with Crippen molar-refractivity contribution in [3.05, 3.63) is 86.4 Å². The number of unbranched alkanes of at least 4 members (excludes halogenated alkanes) is 1. The highest BCUT2D eigenvalue weighted by Crippen LogP contribution is 2.35. The third kappa shape index (κ3) is 6.89. The number of nitrogens with one attached hydrogen (secondary N) is 1. The topological polar surface area (TPSA) is 139 Å². The number of anilines is 3. The number of fused-ring (bicyclic) bond motifs is 1. The second kappa shape index (κ2) is 12.8. The Bertz CT molecular complexity index is 1580. The van der Waals surface area contributed by atoms with Gasteiger partial charge in [0, 0.05) is 28.3 Å². The van der Waals surface area contributed by atoms with Crippen molar-refractivity contribution >= 4 is 68.0 Å². The first-order valence-electron chi connectivity index (χ1n) is 12.6. The van der Waals surface area contributed by atoms with Crippen LogP contribution in [0.3, 0.4) is 0 Å². The standard InChI is InChI=1S/C27H26Cl2N4O7S/c1-2-3-12-40-26(34)17-32(41(38,39)22-15-19(28)14-20(29)16-22)21-8-9-24-18(13-21)10-11-31(24)27(35)30-23-6-4-5-7-25(23)33(36)37/h4-9,13-16H,2-3,10-12,17H2,1H3,(H,30,35). The Morgan fingerprint density at radius 3 is 2.49 bits per heavy atom. The summed E-state index contributed by atoms with van der Waals surface area (Å²) in [5.74, 6) is -0.735. The van der Waals surface area contributed by atoms with E-state index in [1.807, 2.05) is 6.92 Å². The molecule has 14 heteroatoms. The molecule has 216 valence electrons. The average Bonchev–Trinajstić information content (AvgIpc) is 3.35. The maximum Gasteiger partial charge on any atom is 0.326 e. The maximum atomic E-state index is 13.7. The Morgan fingerprint density at radius 2 is 1.80 bits per heavy atom.